The zero-order valence-electron chi connectivity index (χ0n) is 19.5. The van der Waals surface area contributed by atoms with Gasteiger partial charge in [0.05, 0.1) is 43.9 Å². The first kappa shape index (κ1) is 25.5. The fourth-order valence-electron chi connectivity index (χ4n) is 4.17. The predicted octanol–water partition coefficient (Wildman–Crippen LogP) is 1.61. The number of carbonyl (C=O) groups excluding carboxylic acids is 3. The maximum absolute atomic E-state index is 13.2. The van der Waals surface area contributed by atoms with Gasteiger partial charge in [0.25, 0.3) is 0 Å². The van der Waals surface area contributed by atoms with Crippen LogP contribution in [-0.4, -0.2) is 84.3 Å². The summed E-state index contributed by atoms with van der Waals surface area (Å²) in [4.78, 5) is 41.8. The molecule has 0 bridgehead atoms. The normalized spacial score (nSPS) is 22.9. The molecule has 1 N–H and O–H groups in total. The molecule has 8 nitrogen and oxygen atoms in total. The topological polar surface area (TPSA) is 96.4 Å². The van der Waals surface area contributed by atoms with Crippen LogP contribution < -0.4 is 0 Å². The minimum atomic E-state index is -0.871. The average molecular weight is 439 g/mol. The minimum absolute atomic E-state index is 0.0586. The van der Waals surface area contributed by atoms with Crippen LogP contribution in [0, 0.1) is 17.8 Å². The van der Waals surface area contributed by atoms with Gasteiger partial charge in [-0.25, -0.2) is 0 Å². The number of aliphatic hydroxyl groups excluding tert-OH is 1. The molecule has 176 valence electrons. The molecule has 0 aromatic rings. The molecule has 0 aromatic heterocycles. The molecule has 2 aliphatic rings. The number of aliphatic hydroxyl groups is 1. The van der Waals surface area contributed by atoms with Gasteiger partial charge in [0, 0.05) is 13.6 Å². The number of carbonyl (C=O) groups is 3. The number of imide groups is 1. The summed E-state index contributed by atoms with van der Waals surface area (Å²) < 4.78 is 10.8. The molecule has 0 aromatic carbocycles. The number of ether oxygens (including phenoxy) is 2. The Morgan fingerprint density at radius 1 is 1.13 bits per heavy atom. The quantitative estimate of drug-likeness (QED) is 0.283. The Hall–Kier alpha value is -1.77. The molecule has 0 saturated carbocycles. The van der Waals surface area contributed by atoms with Crippen molar-refractivity contribution in [3.05, 3.63) is 12.2 Å². The molecule has 8 heteroatoms. The molecule has 1 aliphatic heterocycles. The van der Waals surface area contributed by atoms with Gasteiger partial charge in [0.1, 0.15) is 6.04 Å². The van der Waals surface area contributed by atoms with E-state index in [0.29, 0.717) is 32.5 Å². The fraction of sp³-hybridized carbons (Fsp3) is 0.783. The summed E-state index contributed by atoms with van der Waals surface area (Å²) >= 11 is 0. The SMILES string of the molecule is CC(C)CC(C(=O)N(C)CC(O)COCCOC(C)C)N1C(=O)C2CC=CCC2C1=O. The van der Waals surface area contributed by atoms with Crippen LogP contribution in [0.25, 0.3) is 0 Å². The number of likely N-dealkylation sites (tertiary alicyclic amines) is 1. The van der Waals surface area contributed by atoms with Crippen molar-refractivity contribution in [1.29, 1.82) is 0 Å². The second kappa shape index (κ2) is 11.7. The molecule has 1 saturated heterocycles. The lowest BCUT2D eigenvalue weighted by Crippen LogP contribution is -2.52. The second-order valence-corrected chi connectivity index (χ2v) is 9.21. The summed E-state index contributed by atoms with van der Waals surface area (Å²) in [5, 5.41) is 10.3. The highest BCUT2D eigenvalue weighted by atomic mass is 16.5. The van der Waals surface area contributed by atoms with Crippen LogP contribution in [0.3, 0.4) is 0 Å². The molecule has 1 heterocycles. The molecule has 1 fully saturated rings. The van der Waals surface area contributed by atoms with E-state index in [4.69, 9.17) is 9.47 Å². The van der Waals surface area contributed by atoms with Crippen molar-refractivity contribution < 1.29 is 29.0 Å². The van der Waals surface area contributed by atoms with E-state index >= 15 is 0 Å². The number of amides is 3. The van der Waals surface area contributed by atoms with E-state index in [-0.39, 0.29) is 54.7 Å². The van der Waals surface area contributed by atoms with E-state index in [2.05, 4.69) is 0 Å². The van der Waals surface area contributed by atoms with E-state index in [1.807, 2.05) is 39.8 Å². The summed E-state index contributed by atoms with van der Waals surface area (Å²) in [5.41, 5.74) is 0. The molecule has 4 unspecified atom stereocenters. The summed E-state index contributed by atoms with van der Waals surface area (Å²) in [5.74, 6) is -1.43. The highest BCUT2D eigenvalue weighted by molar-refractivity contribution is 6.08. The first-order valence-corrected chi connectivity index (χ1v) is 11.3. The van der Waals surface area contributed by atoms with Crippen molar-refractivity contribution in [3.63, 3.8) is 0 Å². The van der Waals surface area contributed by atoms with Gasteiger partial charge in [-0.15, -0.1) is 0 Å². The number of allylic oxidation sites excluding steroid dienone is 2. The third-order valence-electron chi connectivity index (χ3n) is 5.68. The fourth-order valence-corrected chi connectivity index (χ4v) is 4.17. The highest BCUT2D eigenvalue weighted by Gasteiger charge is 2.51. The lowest BCUT2D eigenvalue weighted by molar-refractivity contribution is -0.152. The maximum atomic E-state index is 13.2. The average Bonchev–Trinajstić information content (AvgIpc) is 2.95. The smallest absolute Gasteiger partial charge is 0.245 e. The zero-order valence-corrected chi connectivity index (χ0v) is 19.5. The van der Waals surface area contributed by atoms with Gasteiger partial charge in [-0.2, -0.15) is 0 Å². The first-order valence-electron chi connectivity index (χ1n) is 11.3. The lowest BCUT2D eigenvalue weighted by atomic mass is 9.85. The van der Waals surface area contributed by atoms with Crippen LogP contribution in [0.4, 0.5) is 0 Å². The molecule has 31 heavy (non-hydrogen) atoms. The van der Waals surface area contributed by atoms with Crippen molar-refractivity contribution in [2.75, 3.05) is 33.4 Å². The Balaban J connectivity index is 1.97. The van der Waals surface area contributed by atoms with Crippen molar-refractivity contribution in [1.82, 2.24) is 9.80 Å². The standard InChI is InChI=1S/C23H38N2O6/c1-15(2)12-20(25-21(27)18-8-6-7-9-19(18)22(25)28)23(29)24(5)13-17(26)14-30-10-11-31-16(3)4/h6-7,15-20,26H,8-14H2,1-5H3. The van der Waals surface area contributed by atoms with Crippen LogP contribution in [-0.2, 0) is 23.9 Å². The van der Waals surface area contributed by atoms with Crippen LogP contribution in [0.5, 0.6) is 0 Å². The van der Waals surface area contributed by atoms with Gasteiger partial charge in [0.15, 0.2) is 0 Å². The predicted molar refractivity (Wildman–Crippen MR) is 116 cm³/mol. The summed E-state index contributed by atoms with van der Waals surface area (Å²) in [6.45, 7) is 8.72. The Kier molecular flexibility index (Phi) is 9.65. The Bertz CT molecular complexity index is 636. The number of hydrogen-bond acceptors (Lipinski definition) is 6. The van der Waals surface area contributed by atoms with E-state index in [1.165, 1.54) is 9.80 Å². The Labute approximate surface area is 185 Å². The first-order chi connectivity index (χ1) is 14.6. The summed E-state index contributed by atoms with van der Waals surface area (Å²) in [7, 11) is 1.58. The van der Waals surface area contributed by atoms with E-state index in [1.54, 1.807) is 7.05 Å². The third-order valence-corrected chi connectivity index (χ3v) is 5.68. The molecule has 4 atom stereocenters. The highest BCUT2D eigenvalue weighted by Crippen LogP contribution is 2.37. The molecular formula is C23H38N2O6. The maximum Gasteiger partial charge on any atom is 0.245 e. The van der Waals surface area contributed by atoms with Gasteiger partial charge < -0.3 is 19.5 Å². The van der Waals surface area contributed by atoms with Crippen LogP contribution in [0.2, 0.25) is 0 Å². The molecule has 1 aliphatic carbocycles. The zero-order chi connectivity index (χ0) is 23.1. The van der Waals surface area contributed by atoms with Gasteiger partial charge in [-0.3, -0.25) is 19.3 Å². The largest absolute Gasteiger partial charge is 0.389 e. The van der Waals surface area contributed by atoms with Crippen LogP contribution in [0.1, 0.15) is 47.0 Å². The molecular weight excluding hydrogens is 400 g/mol. The van der Waals surface area contributed by atoms with E-state index in [9.17, 15) is 19.5 Å². The summed E-state index contributed by atoms with van der Waals surface area (Å²) in [6.07, 6.45) is 4.59. The monoisotopic (exact) mass is 438 g/mol. The number of rotatable bonds is 12. The lowest BCUT2D eigenvalue weighted by Gasteiger charge is -2.31. The van der Waals surface area contributed by atoms with Gasteiger partial charge in [0.2, 0.25) is 17.7 Å². The molecule has 3 amide bonds. The third kappa shape index (κ3) is 6.85. The van der Waals surface area contributed by atoms with Gasteiger partial charge in [-0.05, 0) is 39.0 Å². The van der Waals surface area contributed by atoms with E-state index in [0.717, 1.165) is 0 Å². The second-order valence-electron chi connectivity index (χ2n) is 9.21. The van der Waals surface area contributed by atoms with Crippen molar-refractivity contribution in [3.8, 4) is 0 Å². The Morgan fingerprint density at radius 2 is 1.71 bits per heavy atom. The molecule has 2 rings (SSSR count). The van der Waals surface area contributed by atoms with Crippen molar-refractivity contribution in [2.45, 2.75) is 65.2 Å². The van der Waals surface area contributed by atoms with Crippen molar-refractivity contribution in [2.24, 2.45) is 17.8 Å². The number of fused-ring (bicyclic) bond motifs is 1. The number of hydrogen-bond donors (Lipinski definition) is 1. The van der Waals surface area contributed by atoms with Crippen LogP contribution >= 0.6 is 0 Å². The minimum Gasteiger partial charge on any atom is -0.389 e. The summed E-state index contributed by atoms with van der Waals surface area (Å²) in [6, 6.07) is -0.844. The number of likely N-dealkylation sites (N-methyl/N-ethyl adjacent to an activating group) is 1. The van der Waals surface area contributed by atoms with Gasteiger partial charge in [-0.1, -0.05) is 26.0 Å². The van der Waals surface area contributed by atoms with E-state index < -0.39 is 12.1 Å². The molecule has 0 radical (unpaired) electrons. The Morgan fingerprint density at radius 3 is 2.23 bits per heavy atom. The molecule has 0 spiro atoms. The van der Waals surface area contributed by atoms with Gasteiger partial charge >= 0.3 is 0 Å². The van der Waals surface area contributed by atoms with Crippen molar-refractivity contribution >= 4 is 17.7 Å². The van der Waals surface area contributed by atoms with Crippen LogP contribution in [0.15, 0.2) is 12.2 Å². The number of nitrogens with zero attached hydrogens (tertiary/aromatic N) is 2.